The van der Waals surface area contributed by atoms with Crippen LogP contribution in [0.4, 0.5) is 11.4 Å². The number of nitrogens with one attached hydrogen (secondary N) is 1. The highest BCUT2D eigenvalue weighted by atomic mass is 16.2. The number of pyridine rings is 1. The first kappa shape index (κ1) is 17.4. The number of nitrogens with zero attached hydrogens (tertiary/aromatic N) is 2. The van der Waals surface area contributed by atoms with Gasteiger partial charge in [0.15, 0.2) is 0 Å². The molecule has 0 spiro atoms. The minimum atomic E-state index is 0.0182. The van der Waals surface area contributed by atoms with Gasteiger partial charge in [0.1, 0.15) is 5.52 Å². The number of benzene rings is 2. The Hall–Kier alpha value is -3.66. The number of carbonyl (C=O) groups excluding carboxylic acids is 1. The van der Waals surface area contributed by atoms with Crippen molar-refractivity contribution in [1.29, 1.82) is 0 Å². The molecular weight excluding hydrogens is 358 g/mol. The Bertz CT molecular complexity index is 1270. The minimum absolute atomic E-state index is 0.0182. The lowest BCUT2D eigenvalue weighted by Crippen LogP contribution is -2.69. The Morgan fingerprint density at radius 2 is 1.62 bits per heavy atom. The van der Waals surface area contributed by atoms with E-state index in [0.717, 1.165) is 39.3 Å². The lowest BCUT2D eigenvalue weighted by Gasteiger charge is -2.11. The van der Waals surface area contributed by atoms with Gasteiger partial charge in [0.05, 0.1) is 16.9 Å². The summed E-state index contributed by atoms with van der Waals surface area (Å²) in [5.41, 5.74) is 7.99. The van der Waals surface area contributed by atoms with E-state index in [9.17, 15) is 4.79 Å². The molecule has 0 atom stereocenters. The summed E-state index contributed by atoms with van der Waals surface area (Å²) in [5, 5.41) is 0. The number of likely N-dealkylation sites (N-methyl/N-ethyl adjacent to an activating group) is 1. The van der Waals surface area contributed by atoms with Crippen molar-refractivity contribution in [2.75, 3.05) is 11.4 Å². The first-order valence-corrected chi connectivity index (χ1v) is 9.91. The fraction of sp³-hybridized carbons (Fsp3) is 0.120. The highest BCUT2D eigenvalue weighted by molar-refractivity contribution is 6.52. The smallest absolute Gasteiger partial charge is 0.310 e. The molecule has 3 heterocycles. The van der Waals surface area contributed by atoms with Gasteiger partial charge in [0.25, 0.3) is 5.71 Å². The van der Waals surface area contributed by atoms with Gasteiger partial charge in [-0.2, -0.15) is 4.99 Å². The van der Waals surface area contributed by atoms with Crippen molar-refractivity contribution in [2.45, 2.75) is 13.8 Å². The average Bonchev–Trinajstić information content (AvgIpc) is 3.20. The molecule has 4 aromatic rings. The molecule has 142 valence electrons. The number of hydrogen-bond acceptors (Lipinski definition) is 1. The van der Waals surface area contributed by atoms with Crippen LogP contribution in [0.5, 0.6) is 0 Å². The maximum atomic E-state index is 13.1. The molecule has 0 bridgehead atoms. The van der Waals surface area contributed by atoms with Crippen LogP contribution in [0.1, 0.15) is 18.1 Å². The summed E-state index contributed by atoms with van der Waals surface area (Å²) in [5.74, 6) is 0.0182. The van der Waals surface area contributed by atoms with Crippen LogP contribution in [-0.4, -0.2) is 22.6 Å². The summed E-state index contributed by atoms with van der Waals surface area (Å²) >= 11 is 0. The molecule has 0 aliphatic carbocycles. The van der Waals surface area contributed by atoms with Gasteiger partial charge in [0, 0.05) is 18.3 Å². The molecule has 29 heavy (non-hydrogen) atoms. The van der Waals surface area contributed by atoms with Crippen molar-refractivity contribution in [1.82, 2.24) is 4.40 Å². The second-order valence-electron chi connectivity index (χ2n) is 7.24. The van der Waals surface area contributed by atoms with E-state index in [1.165, 1.54) is 0 Å². The molecule has 5 rings (SSSR count). The molecule has 1 aliphatic heterocycles. The van der Waals surface area contributed by atoms with Crippen LogP contribution in [0, 0.1) is 6.92 Å². The molecule has 1 amide bonds. The predicted molar refractivity (Wildman–Crippen MR) is 117 cm³/mol. The summed E-state index contributed by atoms with van der Waals surface area (Å²) in [6.45, 7) is 4.76. The van der Waals surface area contributed by atoms with Crippen LogP contribution in [0.3, 0.4) is 0 Å². The minimum Gasteiger partial charge on any atom is -0.310 e. The van der Waals surface area contributed by atoms with Gasteiger partial charge in [-0.1, -0.05) is 48.5 Å². The molecule has 0 unspecified atom stereocenters. The molecule has 0 saturated carbocycles. The third-order valence-corrected chi connectivity index (χ3v) is 5.62. The Labute approximate surface area is 169 Å². The van der Waals surface area contributed by atoms with E-state index in [2.05, 4.69) is 52.8 Å². The van der Waals surface area contributed by atoms with Crippen molar-refractivity contribution in [3.05, 3.63) is 90.1 Å². The van der Waals surface area contributed by atoms with Crippen molar-refractivity contribution in [3.63, 3.8) is 0 Å². The van der Waals surface area contributed by atoms with E-state index in [1.54, 1.807) is 0 Å². The van der Waals surface area contributed by atoms with Crippen molar-refractivity contribution >= 4 is 28.5 Å². The first-order chi connectivity index (χ1) is 14.2. The van der Waals surface area contributed by atoms with Gasteiger partial charge in [-0.3, -0.25) is 4.79 Å². The van der Waals surface area contributed by atoms with Crippen LogP contribution < -0.4 is 9.89 Å². The zero-order valence-electron chi connectivity index (χ0n) is 16.5. The van der Waals surface area contributed by atoms with Gasteiger partial charge in [-0.15, -0.1) is 0 Å². The van der Waals surface area contributed by atoms with Crippen LogP contribution >= 0.6 is 0 Å². The second kappa shape index (κ2) is 6.74. The average molecular weight is 380 g/mol. The third kappa shape index (κ3) is 2.60. The van der Waals surface area contributed by atoms with Gasteiger partial charge in [-0.25, -0.2) is 0 Å². The van der Waals surface area contributed by atoms with E-state index in [4.69, 9.17) is 0 Å². The molecule has 0 fully saturated rings. The standard InChI is InChI=1S/C25H21N3O/c1-3-27-20-14-8-7-13-19(20)23(25(27)29)26-22-17(2)24(18-11-5-4-6-12-18)28-16-10-9-15-21(22)28/h4-16H,3H2,1-2H3/p+1. The topological polar surface area (TPSA) is 38.7 Å². The number of fused-ring (bicyclic) bond motifs is 2. The third-order valence-electron chi connectivity index (χ3n) is 5.62. The van der Waals surface area contributed by atoms with E-state index >= 15 is 0 Å². The van der Waals surface area contributed by atoms with Crippen LogP contribution in [0.15, 0.2) is 79.0 Å². The number of rotatable bonds is 3. The summed E-state index contributed by atoms with van der Waals surface area (Å²) in [6, 6.07) is 24.5. The molecule has 4 heteroatoms. The van der Waals surface area contributed by atoms with Gasteiger partial charge >= 0.3 is 5.91 Å². The van der Waals surface area contributed by atoms with E-state index in [1.807, 2.05) is 54.3 Å². The fourth-order valence-electron chi connectivity index (χ4n) is 4.28. The maximum Gasteiger partial charge on any atom is 0.323 e. The molecule has 2 aromatic heterocycles. The van der Waals surface area contributed by atoms with E-state index in [0.29, 0.717) is 12.3 Å². The SMILES string of the molecule is CCN1C(=O)C(=[NH+]c2c(C)c(-c3ccccc3)n3ccccc23)c2ccccc21. The fourth-order valence-corrected chi connectivity index (χ4v) is 4.28. The first-order valence-electron chi connectivity index (χ1n) is 9.91. The molecule has 1 aliphatic rings. The summed E-state index contributed by atoms with van der Waals surface area (Å²) in [7, 11) is 0. The zero-order chi connectivity index (χ0) is 20.0. The van der Waals surface area contributed by atoms with Crippen molar-refractivity contribution in [2.24, 2.45) is 0 Å². The monoisotopic (exact) mass is 380 g/mol. The van der Waals surface area contributed by atoms with Gasteiger partial charge in [-0.05, 0) is 43.7 Å². The normalized spacial score (nSPS) is 14.8. The van der Waals surface area contributed by atoms with Crippen LogP contribution in [0.25, 0.3) is 16.8 Å². The lowest BCUT2D eigenvalue weighted by atomic mass is 10.1. The predicted octanol–water partition coefficient (Wildman–Crippen LogP) is 3.48. The molecule has 4 nitrogen and oxygen atoms in total. The summed E-state index contributed by atoms with van der Waals surface area (Å²) < 4.78 is 2.19. The molecule has 0 saturated heterocycles. The molecule has 1 N–H and O–H groups in total. The van der Waals surface area contributed by atoms with Crippen molar-refractivity contribution < 1.29 is 9.79 Å². The molecule has 2 aromatic carbocycles. The van der Waals surface area contributed by atoms with Crippen LogP contribution in [-0.2, 0) is 4.79 Å². The number of aromatic nitrogens is 1. The van der Waals surface area contributed by atoms with E-state index < -0.39 is 0 Å². The Balaban J connectivity index is 1.78. The Morgan fingerprint density at radius 3 is 2.41 bits per heavy atom. The van der Waals surface area contributed by atoms with Gasteiger partial charge < -0.3 is 9.30 Å². The summed E-state index contributed by atoms with van der Waals surface area (Å²) in [6.07, 6.45) is 2.07. The number of anilines is 1. The number of hydrogen-bond donors (Lipinski definition) is 1. The van der Waals surface area contributed by atoms with Crippen molar-refractivity contribution in [3.8, 4) is 11.3 Å². The highest BCUT2D eigenvalue weighted by Crippen LogP contribution is 2.33. The zero-order valence-corrected chi connectivity index (χ0v) is 16.5. The summed E-state index contributed by atoms with van der Waals surface area (Å²) in [4.78, 5) is 18.5. The maximum absolute atomic E-state index is 13.1. The Morgan fingerprint density at radius 1 is 0.897 bits per heavy atom. The Kier molecular flexibility index (Phi) is 4.06. The molecule has 0 radical (unpaired) electrons. The highest BCUT2D eigenvalue weighted by Gasteiger charge is 2.38. The largest absolute Gasteiger partial charge is 0.323 e. The number of para-hydroxylation sites is 1. The lowest BCUT2D eigenvalue weighted by molar-refractivity contribution is -0.350. The molecular formula is C25H22N3O+. The van der Waals surface area contributed by atoms with E-state index in [-0.39, 0.29) is 5.91 Å². The number of amides is 1. The number of carbonyl (C=O) groups is 1. The quantitative estimate of drug-likeness (QED) is 0.581. The van der Waals surface area contributed by atoms with Gasteiger partial charge in [0.2, 0.25) is 5.69 Å². The van der Waals surface area contributed by atoms with Crippen LogP contribution in [0.2, 0.25) is 0 Å². The second-order valence-corrected chi connectivity index (χ2v) is 7.24.